The molecule has 0 N–H and O–H groups in total. The Kier molecular flexibility index (Phi) is 5.48. The molecule has 1 aromatic heterocycles. The first-order valence-electron chi connectivity index (χ1n) is 7.70. The number of rotatable bonds is 5. The van der Waals surface area contributed by atoms with Gasteiger partial charge < -0.3 is 4.42 Å². The van der Waals surface area contributed by atoms with Crippen molar-refractivity contribution in [2.24, 2.45) is 0 Å². The number of furan rings is 1. The molecule has 1 fully saturated rings. The van der Waals surface area contributed by atoms with Gasteiger partial charge in [-0.2, -0.15) is 0 Å². The van der Waals surface area contributed by atoms with Crippen molar-refractivity contribution in [2.75, 3.05) is 32.7 Å². The quantitative estimate of drug-likeness (QED) is 0.806. The molecule has 0 atom stereocenters. The van der Waals surface area contributed by atoms with Crippen molar-refractivity contribution in [3.05, 3.63) is 64.5 Å². The van der Waals surface area contributed by atoms with Crippen molar-refractivity contribution in [1.82, 2.24) is 9.80 Å². The Bertz CT molecular complexity index is 601. The van der Waals surface area contributed by atoms with Gasteiger partial charge in [-0.05, 0) is 33.6 Å². The van der Waals surface area contributed by atoms with Gasteiger partial charge in [-0.25, -0.2) is 0 Å². The summed E-state index contributed by atoms with van der Waals surface area (Å²) in [6.45, 7) is 6.34. The van der Waals surface area contributed by atoms with Gasteiger partial charge in [0.1, 0.15) is 5.76 Å². The molecule has 1 aliphatic rings. The van der Waals surface area contributed by atoms with Crippen LogP contribution in [0.2, 0.25) is 0 Å². The predicted molar refractivity (Wildman–Crippen MR) is 93.6 cm³/mol. The lowest BCUT2D eigenvalue weighted by molar-refractivity contribution is 0.129. The summed E-state index contributed by atoms with van der Waals surface area (Å²) < 4.78 is 6.39. The molecule has 116 valence electrons. The molecule has 0 amide bonds. The second-order valence-corrected chi connectivity index (χ2v) is 6.38. The Balaban J connectivity index is 1.41. The molecule has 0 saturated carbocycles. The fraction of sp³-hybridized carbons (Fsp3) is 0.333. The van der Waals surface area contributed by atoms with Crippen molar-refractivity contribution in [3.8, 4) is 0 Å². The Labute approximate surface area is 140 Å². The lowest BCUT2D eigenvalue weighted by Crippen LogP contribution is -2.45. The van der Waals surface area contributed by atoms with Crippen LogP contribution in [0.4, 0.5) is 0 Å². The molecule has 1 aromatic carbocycles. The fourth-order valence-electron chi connectivity index (χ4n) is 2.69. The molecule has 3 rings (SSSR count). The summed E-state index contributed by atoms with van der Waals surface area (Å²) in [5.41, 5.74) is 1.27. The van der Waals surface area contributed by atoms with E-state index in [1.54, 1.807) is 0 Å². The monoisotopic (exact) mass is 360 g/mol. The van der Waals surface area contributed by atoms with E-state index in [0.717, 1.165) is 49.7 Å². The smallest absolute Gasteiger partial charge is 0.169 e. The molecular formula is C18H21BrN2O. The number of halogens is 1. The molecule has 0 radical (unpaired) electrons. The molecule has 22 heavy (non-hydrogen) atoms. The van der Waals surface area contributed by atoms with E-state index >= 15 is 0 Å². The highest BCUT2D eigenvalue weighted by atomic mass is 79.9. The van der Waals surface area contributed by atoms with Crippen LogP contribution in [-0.2, 0) is 6.54 Å². The van der Waals surface area contributed by atoms with Crippen molar-refractivity contribution in [1.29, 1.82) is 0 Å². The van der Waals surface area contributed by atoms with Crippen LogP contribution in [0.3, 0.4) is 0 Å². The Morgan fingerprint density at radius 3 is 2.36 bits per heavy atom. The van der Waals surface area contributed by atoms with E-state index < -0.39 is 0 Å². The molecular weight excluding hydrogens is 340 g/mol. The van der Waals surface area contributed by atoms with Gasteiger partial charge in [0.25, 0.3) is 0 Å². The number of piperazine rings is 1. The van der Waals surface area contributed by atoms with Gasteiger partial charge in [0, 0.05) is 32.7 Å². The average molecular weight is 361 g/mol. The van der Waals surface area contributed by atoms with Gasteiger partial charge in [-0.1, -0.05) is 42.5 Å². The molecule has 0 unspecified atom stereocenters. The SMILES string of the molecule is Brc1ccc(CN2CCN(CC=Cc3ccccc3)CC2)o1. The van der Waals surface area contributed by atoms with Crippen molar-refractivity contribution < 1.29 is 4.42 Å². The highest BCUT2D eigenvalue weighted by molar-refractivity contribution is 9.10. The zero-order valence-electron chi connectivity index (χ0n) is 12.6. The summed E-state index contributed by atoms with van der Waals surface area (Å²) >= 11 is 3.35. The van der Waals surface area contributed by atoms with Gasteiger partial charge in [0.15, 0.2) is 4.67 Å². The third-order valence-electron chi connectivity index (χ3n) is 3.95. The second-order valence-electron chi connectivity index (χ2n) is 5.60. The van der Waals surface area contributed by atoms with E-state index in [4.69, 9.17) is 4.42 Å². The first kappa shape index (κ1) is 15.5. The van der Waals surface area contributed by atoms with Crippen LogP contribution in [0.1, 0.15) is 11.3 Å². The summed E-state index contributed by atoms with van der Waals surface area (Å²) in [6.07, 6.45) is 4.46. The zero-order chi connectivity index (χ0) is 15.2. The minimum absolute atomic E-state index is 0.812. The minimum Gasteiger partial charge on any atom is -0.453 e. The van der Waals surface area contributed by atoms with E-state index in [-0.39, 0.29) is 0 Å². The standard InChI is InChI=1S/C18H21BrN2O/c19-18-9-8-17(22-18)15-21-13-11-20(12-14-21)10-4-7-16-5-2-1-3-6-16/h1-9H,10-15H2. The van der Waals surface area contributed by atoms with Crippen molar-refractivity contribution in [2.45, 2.75) is 6.54 Å². The van der Waals surface area contributed by atoms with Crippen LogP contribution >= 0.6 is 15.9 Å². The van der Waals surface area contributed by atoms with Gasteiger partial charge in [0.2, 0.25) is 0 Å². The Morgan fingerprint density at radius 1 is 0.955 bits per heavy atom. The lowest BCUT2D eigenvalue weighted by Gasteiger charge is -2.33. The van der Waals surface area contributed by atoms with E-state index in [2.05, 4.69) is 62.1 Å². The van der Waals surface area contributed by atoms with Crippen LogP contribution in [0.15, 0.2) is 57.6 Å². The third kappa shape index (κ3) is 4.57. The first-order chi connectivity index (χ1) is 10.8. The summed E-state index contributed by atoms with van der Waals surface area (Å²) in [5.74, 6) is 1.03. The molecule has 2 aromatic rings. The minimum atomic E-state index is 0.812. The van der Waals surface area contributed by atoms with Gasteiger partial charge in [-0.15, -0.1) is 0 Å². The maximum absolute atomic E-state index is 5.58. The molecule has 1 aliphatic heterocycles. The molecule has 4 heteroatoms. The molecule has 0 spiro atoms. The van der Waals surface area contributed by atoms with Gasteiger partial charge in [-0.3, -0.25) is 9.80 Å². The number of benzene rings is 1. The molecule has 3 nitrogen and oxygen atoms in total. The maximum Gasteiger partial charge on any atom is 0.169 e. The molecule has 0 bridgehead atoms. The average Bonchev–Trinajstić information content (AvgIpc) is 2.95. The predicted octanol–water partition coefficient (Wildman–Crippen LogP) is 3.87. The zero-order valence-corrected chi connectivity index (χ0v) is 14.2. The summed E-state index contributed by atoms with van der Waals surface area (Å²) in [5, 5.41) is 0. The maximum atomic E-state index is 5.58. The molecule has 0 aliphatic carbocycles. The highest BCUT2D eigenvalue weighted by Gasteiger charge is 2.16. The fourth-order valence-corrected chi connectivity index (χ4v) is 3.03. The van der Waals surface area contributed by atoms with E-state index in [1.165, 1.54) is 5.56 Å². The summed E-state index contributed by atoms with van der Waals surface area (Å²) in [4.78, 5) is 4.94. The van der Waals surface area contributed by atoms with E-state index in [9.17, 15) is 0 Å². The van der Waals surface area contributed by atoms with Crippen LogP contribution in [0.25, 0.3) is 6.08 Å². The molecule has 1 saturated heterocycles. The van der Waals surface area contributed by atoms with Gasteiger partial charge in [0.05, 0.1) is 6.54 Å². The second kappa shape index (κ2) is 7.77. The van der Waals surface area contributed by atoms with Crippen molar-refractivity contribution >= 4 is 22.0 Å². The Morgan fingerprint density at radius 2 is 1.68 bits per heavy atom. The summed E-state index contributed by atoms with van der Waals surface area (Å²) in [7, 11) is 0. The van der Waals surface area contributed by atoms with Crippen LogP contribution in [-0.4, -0.2) is 42.5 Å². The van der Waals surface area contributed by atoms with Crippen LogP contribution < -0.4 is 0 Å². The first-order valence-corrected chi connectivity index (χ1v) is 8.49. The lowest BCUT2D eigenvalue weighted by atomic mass is 10.2. The topological polar surface area (TPSA) is 19.6 Å². The normalized spacial score (nSPS) is 17.3. The van der Waals surface area contributed by atoms with Crippen molar-refractivity contribution in [3.63, 3.8) is 0 Å². The van der Waals surface area contributed by atoms with Crippen LogP contribution in [0.5, 0.6) is 0 Å². The van der Waals surface area contributed by atoms with Gasteiger partial charge >= 0.3 is 0 Å². The highest BCUT2D eigenvalue weighted by Crippen LogP contribution is 2.16. The van der Waals surface area contributed by atoms with Crippen LogP contribution in [0, 0.1) is 0 Å². The number of hydrogen-bond donors (Lipinski definition) is 0. The third-order valence-corrected chi connectivity index (χ3v) is 4.37. The molecule has 2 heterocycles. The number of nitrogens with zero attached hydrogens (tertiary/aromatic N) is 2. The van der Waals surface area contributed by atoms with E-state index in [0.29, 0.717) is 0 Å². The largest absolute Gasteiger partial charge is 0.453 e. The summed E-state index contributed by atoms with van der Waals surface area (Å²) in [6, 6.07) is 14.5. The Hall–Kier alpha value is -1.36. The van der Waals surface area contributed by atoms with E-state index in [1.807, 2.05) is 18.2 Å². The number of hydrogen-bond acceptors (Lipinski definition) is 3.